The van der Waals surface area contributed by atoms with Crippen LogP contribution < -0.4 is 9.62 Å². The fourth-order valence-electron chi connectivity index (χ4n) is 3.53. The second kappa shape index (κ2) is 7.94. The number of thiazole rings is 1. The first-order valence-corrected chi connectivity index (χ1v) is 12.1. The maximum atomic E-state index is 13.1. The normalized spacial score (nSPS) is 13.7. The van der Waals surface area contributed by atoms with Gasteiger partial charge in [-0.1, -0.05) is 38.1 Å². The third kappa shape index (κ3) is 3.78. The Bertz CT molecular complexity index is 1200. The van der Waals surface area contributed by atoms with Crippen molar-refractivity contribution in [3.63, 3.8) is 0 Å². The Morgan fingerprint density at radius 2 is 1.90 bits per heavy atom. The highest BCUT2D eigenvalue weighted by Crippen LogP contribution is 2.32. The minimum absolute atomic E-state index is 0.167. The van der Waals surface area contributed by atoms with E-state index < -0.39 is 10.0 Å². The molecule has 0 radical (unpaired) electrons. The van der Waals surface area contributed by atoms with Crippen LogP contribution in [0.3, 0.4) is 0 Å². The Hall–Kier alpha value is -2.55. The van der Waals surface area contributed by atoms with Crippen LogP contribution in [0.1, 0.15) is 41.4 Å². The molecule has 1 aliphatic heterocycles. The molecule has 1 aliphatic rings. The standard InChI is InChI=1S/C22H23N3O3S2/c1-14(2)15-4-6-16(7-5-15)21-24-19(13-29-21)22(26)25-11-10-17-12-18(8-9-20(17)25)30(27,28)23-3/h4-9,12-14,23H,10-11H2,1-3H3. The summed E-state index contributed by atoms with van der Waals surface area (Å²) in [5.41, 5.74) is 4.25. The molecule has 30 heavy (non-hydrogen) atoms. The van der Waals surface area contributed by atoms with E-state index in [9.17, 15) is 13.2 Å². The monoisotopic (exact) mass is 441 g/mol. The van der Waals surface area contributed by atoms with Crippen LogP contribution in [0.15, 0.2) is 52.7 Å². The number of hydrogen-bond acceptors (Lipinski definition) is 5. The molecule has 0 fully saturated rings. The van der Waals surface area contributed by atoms with Gasteiger partial charge in [-0.25, -0.2) is 18.1 Å². The predicted molar refractivity (Wildman–Crippen MR) is 120 cm³/mol. The van der Waals surface area contributed by atoms with Crippen LogP contribution in [0.5, 0.6) is 0 Å². The van der Waals surface area contributed by atoms with Gasteiger partial charge >= 0.3 is 0 Å². The summed E-state index contributed by atoms with van der Waals surface area (Å²) in [6.07, 6.45) is 0.613. The molecule has 2 heterocycles. The third-order valence-corrected chi connectivity index (χ3v) is 7.62. The number of sulfonamides is 1. The largest absolute Gasteiger partial charge is 0.306 e. The van der Waals surface area contributed by atoms with Gasteiger partial charge in [0.25, 0.3) is 5.91 Å². The van der Waals surface area contributed by atoms with Gasteiger partial charge in [-0.3, -0.25) is 4.79 Å². The van der Waals surface area contributed by atoms with E-state index >= 15 is 0 Å². The number of carbonyl (C=O) groups excluding carboxylic acids is 1. The fourth-order valence-corrected chi connectivity index (χ4v) is 5.11. The summed E-state index contributed by atoms with van der Waals surface area (Å²) in [5, 5.41) is 2.59. The number of amides is 1. The Morgan fingerprint density at radius 3 is 2.57 bits per heavy atom. The van der Waals surface area contributed by atoms with Crippen molar-refractivity contribution in [2.75, 3.05) is 18.5 Å². The molecule has 8 heteroatoms. The maximum Gasteiger partial charge on any atom is 0.277 e. The molecule has 0 bridgehead atoms. The summed E-state index contributed by atoms with van der Waals surface area (Å²) in [5.74, 6) is 0.297. The molecule has 1 N–H and O–H groups in total. The zero-order chi connectivity index (χ0) is 21.5. The summed E-state index contributed by atoms with van der Waals surface area (Å²) < 4.78 is 26.4. The summed E-state index contributed by atoms with van der Waals surface area (Å²) in [4.78, 5) is 19.5. The molecule has 3 aromatic rings. The average Bonchev–Trinajstić information content (AvgIpc) is 3.40. The first kappa shape index (κ1) is 20.7. The van der Waals surface area contributed by atoms with Gasteiger partial charge in [-0.15, -0.1) is 11.3 Å². The number of benzene rings is 2. The van der Waals surface area contributed by atoms with E-state index in [1.165, 1.54) is 30.0 Å². The van der Waals surface area contributed by atoms with Crippen molar-refractivity contribution in [3.8, 4) is 10.6 Å². The van der Waals surface area contributed by atoms with Crippen LogP contribution in [-0.4, -0.2) is 32.9 Å². The van der Waals surface area contributed by atoms with Gasteiger partial charge in [0.05, 0.1) is 4.90 Å². The Morgan fingerprint density at radius 1 is 1.17 bits per heavy atom. The average molecular weight is 442 g/mol. The van der Waals surface area contributed by atoms with Crippen molar-refractivity contribution in [2.45, 2.75) is 31.1 Å². The molecule has 0 saturated carbocycles. The summed E-state index contributed by atoms with van der Waals surface area (Å²) in [6.45, 7) is 4.81. The summed E-state index contributed by atoms with van der Waals surface area (Å²) in [7, 11) is -2.13. The molecule has 0 spiro atoms. The SMILES string of the molecule is CNS(=O)(=O)c1ccc2c(c1)CCN2C(=O)c1csc(-c2ccc(C(C)C)cc2)n1. The second-order valence-corrected chi connectivity index (χ2v) is 10.3. The van der Waals surface area contributed by atoms with Gasteiger partial charge < -0.3 is 4.90 Å². The molecule has 0 unspecified atom stereocenters. The zero-order valence-electron chi connectivity index (χ0n) is 17.0. The zero-order valence-corrected chi connectivity index (χ0v) is 18.7. The van der Waals surface area contributed by atoms with Crippen molar-refractivity contribution in [2.24, 2.45) is 0 Å². The van der Waals surface area contributed by atoms with Gasteiger partial charge in [0.2, 0.25) is 10.0 Å². The molecule has 0 aliphatic carbocycles. The smallest absolute Gasteiger partial charge is 0.277 e. The lowest BCUT2D eigenvalue weighted by Gasteiger charge is -2.16. The van der Waals surface area contributed by atoms with Crippen molar-refractivity contribution in [1.82, 2.24) is 9.71 Å². The number of carbonyl (C=O) groups is 1. The highest BCUT2D eigenvalue weighted by atomic mass is 32.2. The number of nitrogens with one attached hydrogen (secondary N) is 1. The Labute approximate surface area is 180 Å². The number of rotatable bonds is 5. The van der Waals surface area contributed by atoms with E-state index in [0.29, 0.717) is 24.6 Å². The quantitative estimate of drug-likeness (QED) is 0.648. The highest BCUT2D eigenvalue weighted by molar-refractivity contribution is 7.89. The third-order valence-electron chi connectivity index (χ3n) is 5.32. The molecule has 4 rings (SSSR count). The lowest BCUT2D eigenvalue weighted by molar-refractivity contribution is 0.0985. The van der Waals surface area contributed by atoms with E-state index in [2.05, 4.69) is 35.7 Å². The van der Waals surface area contributed by atoms with Crippen LogP contribution in [0.4, 0.5) is 5.69 Å². The molecule has 0 saturated heterocycles. The fraction of sp³-hybridized carbons (Fsp3) is 0.273. The number of fused-ring (bicyclic) bond motifs is 1. The van der Waals surface area contributed by atoms with Gasteiger partial charge in [0, 0.05) is 23.2 Å². The molecule has 0 atom stereocenters. The number of aromatic nitrogens is 1. The van der Waals surface area contributed by atoms with Gasteiger partial charge in [0.1, 0.15) is 10.7 Å². The topological polar surface area (TPSA) is 79.4 Å². The van der Waals surface area contributed by atoms with Crippen LogP contribution in [0, 0.1) is 0 Å². The minimum Gasteiger partial charge on any atom is -0.306 e. The van der Waals surface area contributed by atoms with Crippen molar-refractivity contribution in [3.05, 3.63) is 64.7 Å². The maximum absolute atomic E-state index is 13.1. The number of anilines is 1. The van der Waals surface area contributed by atoms with E-state index in [0.717, 1.165) is 21.8 Å². The molecule has 1 aromatic heterocycles. The van der Waals surface area contributed by atoms with Crippen LogP contribution in [0.25, 0.3) is 10.6 Å². The summed E-state index contributed by atoms with van der Waals surface area (Å²) >= 11 is 1.45. The predicted octanol–water partition coefficient (Wildman–Crippen LogP) is 4.04. The molecular formula is C22H23N3O3S2. The molecule has 2 aromatic carbocycles. The van der Waals surface area contributed by atoms with Crippen molar-refractivity contribution in [1.29, 1.82) is 0 Å². The first-order valence-electron chi connectivity index (χ1n) is 9.74. The Kier molecular flexibility index (Phi) is 5.48. The minimum atomic E-state index is -3.51. The highest BCUT2D eigenvalue weighted by Gasteiger charge is 2.28. The molecular weight excluding hydrogens is 418 g/mol. The molecule has 6 nitrogen and oxygen atoms in total. The van der Waals surface area contributed by atoms with E-state index in [1.807, 2.05) is 12.1 Å². The second-order valence-electron chi connectivity index (χ2n) is 7.52. The Balaban J connectivity index is 1.57. The van der Waals surface area contributed by atoms with Crippen molar-refractivity contribution < 1.29 is 13.2 Å². The number of nitrogens with zero attached hydrogens (tertiary/aromatic N) is 2. The van der Waals surface area contributed by atoms with E-state index in [-0.39, 0.29) is 10.8 Å². The molecule has 156 valence electrons. The number of hydrogen-bond donors (Lipinski definition) is 1. The lowest BCUT2D eigenvalue weighted by Crippen LogP contribution is -2.29. The van der Waals surface area contributed by atoms with Crippen molar-refractivity contribution >= 4 is 33.0 Å². The van der Waals surface area contributed by atoms with Gasteiger partial charge in [0.15, 0.2) is 0 Å². The van der Waals surface area contributed by atoms with Crippen LogP contribution in [-0.2, 0) is 16.4 Å². The first-order chi connectivity index (χ1) is 14.3. The summed E-state index contributed by atoms with van der Waals surface area (Å²) in [6, 6.07) is 13.1. The van der Waals surface area contributed by atoms with Gasteiger partial charge in [-0.2, -0.15) is 0 Å². The lowest BCUT2D eigenvalue weighted by atomic mass is 10.0. The van der Waals surface area contributed by atoms with Crippen LogP contribution >= 0.6 is 11.3 Å². The van der Waals surface area contributed by atoms with E-state index in [4.69, 9.17) is 0 Å². The van der Waals surface area contributed by atoms with E-state index in [1.54, 1.807) is 22.4 Å². The molecule has 1 amide bonds. The van der Waals surface area contributed by atoms with Gasteiger partial charge in [-0.05, 0) is 48.7 Å². The van der Waals surface area contributed by atoms with Crippen LogP contribution in [0.2, 0.25) is 0 Å².